The number of likely N-dealkylation sites (N-methyl/N-ethyl adjacent to an activating group) is 1. The molecular weight excluding hydrogens is 460 g/mol. The fraction of sp³-hybridized carbons (Fsp3) is 0.650. The molecule has 156 valence electrons. The van der Waals surface area contributed by atoms with E-state index in [0.29, 0.717) is 19.7 Å². The number of hydrogen-bond donors (Lipinski definition) is 2. The van der Waals surface area contributed by atoms with Crippen molar-refractivity contribution in [3.63, 3.8) is 0 Å². The summed E-state index contributed by atoms with van der Waals surface area (Å²) in [5.74, 6) is 0.714. The molecule has 0 saturated carbocycles. The lowest BCUT2D eigenvalue weighted by molar-refractivity contribution is 0.175. The zero-order valence-corrected chi connectivity index (χ0v) is 19.3. The highest BCUT2D eigenvalue weighted by Gasteiger charge is 2.25. The van der Waals surface area contributed by atoms with E-state index in [0.717, 1.165) is 31.8 Å². The minimum Gasteiger partial charge on any atom is -0.489 e. The van der Waals surface area contributed by atoms with E-state index in [2.05, 4.69) is 19.2 Å². The summed E-state index contributed by atoms with van der Waals surface area (Å²) in [6, 6.07) is 6.41. The second-order valence-corrected chi connectivity index (χ2v) is 6.55. The summed E-state index contributed by atoms with van der Waals surface area (Å²) in [5.41, 5.74) is 0.0277. The first-order chi connectivity index (χ1) is 12.5. The van der Waals surface area contributed by atoms with E-state index in [1.807, 2.05) is 18.9 Å². The van der Waals surface area contributed by atoms with Gasteiger partial charge in [-0.15, -0.1) is 24.0 Å². The number of benzene rings is 1. The Labute approximate surface area is 180 Å². The van der Waals surface area contributed by atoms with Gasteiger partial charge in [0.25, 0.3) is 0 Å². The smallest absolute Gasteiger partial charge is 0.193 e. The van der Waals surface area contributed by atoms with Gasteiger partial charge in [-0.2, -0.15) is 0 Å². The van der Waals surface area contributed by atoms with Gasteiger partial charge in [0.1, 0.15) is 6.61 Å². The van der Waals surface area contributed by atoms with Crippen LogP contribution in [0.3, 0.4) is 0 Å². The van der Waals surface area contributed by atoms with Crippen LogP contribution in [0.2, 0.25) is 0 Å². The van der Waals surface area contributed by atoms with E-state index in [1.54, 1.807) is 18.2 Å². The normalized spacial score (nSPS) is 11.7. The maximum absolute atomic E-state index is 13.6. The summed E-state index contributed by atoms with van der Waals surface area (Å²) >= 11 is 0. The van der Waals surface area contributed by atoms with Gasteiger partial charge in [0, 0.05) is 26.7 Å². The highest BCUT2D eigenvalue weighted by molar-refractivity contribution is 14.0. The van der Waals surface area contributed by atoms with Gasteiger partial charge in [-0.05, 0) is 43.7 Å². The van der Waals surface area contributed by atoms with Crippen LogP contribution in [-0.4, -0.2) is 55.9 Å². The third-order valence-corrected chi connectivity index (χ3v) is 4.92. The monoisotopic (exact) mass is 495 g/mol. The Morgan fingerprint density at radius 1 is 1.26 bits per heavy atom. The molecular formula is C20H35FIN3O2. The van der Waals surface area contributed by atoms with Gasteiger partial charge in [0.2, 0.25) is 0 Å². The highest BCUT2D eigenvalue weighted by Crippen LogP contribution is 2.30. The predicted molar refractivity (Wildman–Crippen MR) is 121 cm³/mol. The van der Waals surface area contributed by atoms with Crippen LogP contribution in [0.5, 0.6) is 5.75 Å². The van der Waals surface area contributed by atoms with Crippen molar-refractivity contribution < 1.29 is 14.2 Å². The van der Waals surface area contributed by atoms with Crippen LogP contribution in [0, 0.1) is 11.2 Å². The molecule has 0 saturated heterocycles. The molecule has 0 aliphatic carbocycles. The standard InChI is InChI=1S/C20H34FN3O2.HI/c1-5-20(6-2,12-14-25)16-23-19(22-7-3)24(4)13-15-26-18-11-9-8-10-17(18)21;/h8-11,25H,5-7,12-16H2,1-4H3,(H,22,23);1H. The number of aliphatic hydroxyl groups is 1. The minimum absolute atomic E-state index is 0. The molecule has 0 amide bonds. The van der Waals surface area contributed by atoms with Gasteiger partial charge in [-0.1, -0.05) is 26.0 Å². The molecule has 2 N–H and O–H groups in total. The zero-order valence-electron chi connectivity index (χ0n) is 17.0. The maximum Gasteiger partial charge on any atom is 0.193 e. The van der Waals surface area contributed by atoms with E-state index < -0.39 is 0 Å². The van der Waals surface area contributed by atoms with Crippen LogP contribution in [0.25, 0.3) is 0 Å². The van der Waals surface area contributed by atoms with Gasteiger partial charge < -0.3 is 20.1 Å². The lowest BCUT2D eigenvalue weighted by Crippen LogP contribution is -2.41. The van der Waals surface area contributed by atoms with Gasteiger partial charge in [0.05, 0.1) is 6.54 Å². The Morgan fingerprint density at radius 3 is 2.48 bits per heavy atom. The number of nitrogens with one attached hydrogen (secondary N) is 1. The molecule has 0 heterocycles. The van der Waals surface area contributed by atoms with Crippen molar-refractivity contribution in [1.29, 1.82) is 0 Å². The lowest BCUT2D eigenvalue weighted by Gasteiger charge is -2.30. The average Bonchev–Trinajstić information content (AvgIpc) is 2.65. The van der Waals surface area contributed by atoms with Gasteiger partial charge in [-0.3, -0.25) is 4.99 Å². The Morgan fingerprint density at radius 2 is 1.93 bits per heavy atom. The third-order valence-electron chi connectivity index (χ3n) is 4.92. The largest absolute Gasteiger partial charge is 0.489 e. The minimum atomic E-state index is -0.351. The number of ether oxygens (including phenoxy) is 1. The molecule has 7 heteroatoms. The molecule has 0 atom stereocenters. The van der Waals surface area contributed by atoms with Crippen molar-refractivity contribution in [3.8, 4) is 5.75 Å². The average molecular weight is 495 g/mol. The van der Waals surface area contributed by atoms with E-state index >= 15 is 0 Å². The zero-order chi connectivity index (χ0) is 19.4. The Balaban J connectivity index is 0.00000676. The second kappa shape index (κ2) is 14.0. The van der Waals surface area contributed by atoms with Crippen LogP contribution < -0.4 is 10.1 Å². The SMILES string of the molecule is CCNC(=NCC(CC)(CC)CCO)N(C)CCOc1ccccc1F.I. The number of nitrogens with zero attached hydrogens (tertiary/aromatic N) is 2. The number of para-hydroxylation sites is 1. The summed E-state index contributed by atoms with van der Waals surface area (Å²) in [4.78, 5) is 6.77. The van der Waals surface area contributed by atoms with Crippen LogP contribution in [0.15, 0.2) is 29.3 Å². The molecule has 0 aliphatic rings. The molecule has 1 aromatic rings. The summed E-state index contributed by atoms with van der Waals surface area (Å²) < 4.78 is 19.1. The third kappa shape index (κ3) is 8.64. The fourth-order valence-corrected chi connectivity index (χ4v) is 2.82. The molecule has 27 heavy (non-hydrogen) atoms. The summed E-state index contributed by atoms with van der Waals surface area (Å²) in [6.07, 6.45) is 2.71. The number of guanidine groups is 1. The van der Waals surface area contributed by atoms with Crippen LogP contribution in [0.1, 0.15) is 40.0 Å². The van der Waals surface area contributed by atoms with Crippen LogP contribution in [-0.2, 0) is 0 Å². The summed E-state index contributed by atoms with van der Waals surface area (Å²) in [7, 11) is 1.94. The quantitative estimate of drug-likeness (QED) is 0.278. The van der Waals surface area contributed by atoms with Crippen molar-refractivity contribution in [1.82, 2.24) is 10.2 Å². The molecule has 0 radical (unpaired) electrons. The Hall–Kier alpha value is -1.09. The summed E-state index contributed by atoms with van der Waals surface area (Å²) in [5, 5.41) is 12.7. The lowest BCUT2D eigenvalue weighted by atomic mass is 9.79. The van der Waals surface area contributed by atoms with Crippen LogP contribution in [0.4, 0.5) is 4.39 Å². The van der Waals surface area contributed by atoms with E-state index in [9.17, 15) is 9.50 Å². The van der Waals surface area contributed by atoms with Crippen molar-refractivity contribution >= 4 is 29.9 Å². The van der Waals surface area contributed by atoms with Gasteiger partial charge in [0.15, 0.2) is 17.5 Å². The molecule has 0 bridgehead atoms. The first kappa shape index (κ1) is 25.9. The molecule has 5 nitrogen and oxygen atoms in total. The number of hydrogen-bond acceptors (Lipinski definition) is 3. The number of rotatable bonds is 11. The molecule has 0 spiro atoms. The molecule has 0 fully saturated rings. The Bertz CT molecular complexity index is 554. The first-order valence-electron chi connectivity index (χ1n) is 9.49. The fourth-order valence-electron chi connectivity index (χ4n) is 2.82. The molecule has 1 rings (SSSR count). The van der Waals surface area contributed by atoms with Crippen molar-refractivity contribution in [2.45, 2.75) is 40.0 Å². The predicted octanol–water partition coefficient (Wildman–Crippen LogP) is 3.91. The van der Waals surface area contributed by atoms with Crippen molar-refractivity contribution in [2.75, 3.05) is 39.9 Å². The summed E-state index contributed by atoms with van der Waals surface area (Å²) in [6.45, 7) is 8.89. The van der Waals surface area contributed by atoms with Gasteiger partial charge >= 0.3 is 0 Å². The molecule has 1 aromatic carbocycles. The van der Waals surface area contributed by atoms with Gasteiger partial charge in [-0.25, -0.2) is 4.39 Å². The Kier molecular flexibility index (Phi) is 13.4. The number of aliphatic imine (C=N–C) groups is 1. The molecule has 0 unspecified atom stereocenters. The number of halogens is 2. The first-order valence-corrected chi connectivity index (χ1v) is 9.49. The highest BCUT2D eigenvalue weighted by atomic mass is 127. The van der Waals surface area contributed by atoms with Crippen molar-refractivity contribution in [3.05, 3.63) is 30.1 Å². The maximum atomic E-state index is 13.6. The second-order valence-electron chi connectivity index (χ2n) is 6.55. The number of aliphatic hydroxyl groups excluding tert-OH is 1. The van der Waals surface area contributed by atoms with Crippen molar-refractivity contribution in [2.24, 2.45) is 10.4 Å². The molecule has 0 aromatic heterocycles. The van der Waals surface area contributed by atoms with Crippen LogP contribution >= 0.6 is 24.0 Å². The molecule has 0 aliphatic heterocycles. The van der Waals surface area contributed by atoms with E-state index in [4.69, 9.17) is 9.73 Å². The van der Waals surface area contributed by atoms with E-state index in [-0.39, 0.29) is 47.6 Å². The topological polar surface area (TPSA) is 57.1 Å². The van der Waals surface area contributed by atoms with E-state index in [1.165, 1.54) is 6.07 Å².